The normalized spacial score (nSPS) is 18.3. The zero-order valence-corrected chi connectivity index (χ0v) is 19.3. The lowest BCUT2D eigenvalue weighted by molar-refractivity contribution is 0.548. The molecule has 1 aliphatic heterocycles. The maximum atomic E-state index is 5.84. The highest BCUT2D eigenvalue weighted by molar-refractivity contribution is 9.10. The Morgan fingerprint density at radius 1 is 0.871 bits per heavy atom. The summed E-state index contributed by atoms with van der Waals surface area (Å²) < 4.78 is 3.35. The van der Waals surface area contributed by atoms with Crippen LogP contribution >= 0.6 is 28.1 Å². The van der Waals surface area contributed by atoms with Crippen LogP contribution in [0.1, 0.15) is 29.2 Å². The van der Waals surface area contributed by atoms with Crippen LogP contribution in [0.15, 0.2) is 95.6 Å². The Balaban J connectivity index is 1.70. The molecular weight excluding hydrogens is 468 g/mol. The van der Waals surface area contributed by atoms with Crippen LogP contribution in [-0.4, -0.2) is 14.7 Å². The molecule has 1 fully saturated rings. The number of rotatable bonds is 4. The molecule has 0 aliphatic carbocycles. The van der Waals surface area contributed by atoms with E-state index in [0.29, 0.717) is 5.11 Å². The average molecular weight is 489 g/mol. The van der Waals surface area contributed by atoms with Crippen LogP contribution in [0, 0.1) is 6.92 Å². The van der Waals surface area contributed by atoms with Crippen LogP contribution in [0.25, 0.3) is 5.69 Å². The topological polar surface area (TPSA) is 33.1 Å². The summed E-state index contributed by atoms with van der Waals surface area (Å²) in [4.78, 5) is 6.86. The van der Waals surface area contributed by atoms with E-state index in [-0.39, 0.29) is 12.1 Å². The second-order valence-electron chi connectivity index (χ2n) is 7.54. The molecule has 2 atom stereocenters. The quantitative estimate of drug-likeness (QED) is 0.350. The van der Waals surface area contributed by atoms with E-state index in [4.69, 9.17) is 12.2 Å². The highest BCUT2D eigenvalue weighted by Crippen LogP contribution is 2.42. The van der Waals surface area contributed by atoms with Crippen molar-refractivity contribution in [3.63, 3.8) is 0 Å². The number of benzene rings is 2. The Kier molecular flexibility index (Phi) is 5.34. The van der Waals surface area contributed by atoms with Crippen molar-refractivity contribution >= 4 is 38.9 Å². The lowest BCUT2D eigenvalue weighted by Gasteiger charge is -2.29. The third-order valence-electron chi connectivity index (χ3n) is 5.63. The Hall–Kier alpha value is -2.96. The molecule has 0 bridgehead atoms. The van der Waals surface area contributed by atoms with Gasteiger partial charge in [0.25, 0.3) is 0 Å². The van der Waals surface area contributed by atoms with E-state index >= 15 is 0 Å². The van der Waals surface area contributed by atoms with Crippen LogP contribution in [0.5, 0.6) is 0 Å². The van der Waals surface area contributed by atoms with E-state index in [1.54, 1.807) is 0 Å². The molecule has 154 valence electrons. The summed E-state index contributed by atoms with van der Waals surface area (Å²) in [6.45, 7) is 2.14. The molecule has 0 unspecified atom stereocenters. The molecule has 3 heterocycles. The molecule has 31 heavy (non-hydrogen) atoms. The fraction of sp³-hybridized carbons (Fsp3) is 0.120. The number of pyridine rings is 1. The van der Waals surface area contributed by atoms with Crippen molar-refractivity contribution in [1.29, 1.82) is 0 Å². The van der Waals surface area contributed by atoms with Gasteiger partial charge in [0.05, 0.1) is 11.7 Å². The lowest BCUT2D eigenvalue weighted by atomic mass is 10.0. The van der Waals surface area contributed by atoms with Crippen LogP contribution in [0.2, 0.25) is 0 Å². The fourth-order valence-electron chi connectivity index (χ4n) is 4.25. The molecule has 0 radical (unpaired) electrons. The second-order valence-corrected chi connectivity index (χ2v) is 8.85. The first kappa shape index (κ1) is 20.0. The molecule has 1 aliphatic rings. The van der Waals surface area contributed by atoms with Gasteiger partial charge in [-0.1, -0.05) is 40.2 Å². The Morgan fingerprint density at radius 2 is 1.61 bits per heavy atom. The summed E-state index contributed by atoms with van der Waals surface area (Å²) in [5.74, 6) is 0. The third-order valence-corrected chi connectivity index (χ3v) is 6.47. The van der Waals surface area contributed by atoms with E-state index in [0.717, 1.165) is 27.2 Å². The van der Waals surface area contributed by atoms with E-state index in [1.807, 2.05) is 36.5 Å². The molecule has 1 N–H and O–H groups in total. The van der Waals surface area contributed by atoms with Gasteiger partial charge in [0.1, 0.15) is 6.04 Å². The summed E-state index contributed by atoms with van der Waals surface area (Å²) in [7, 11) is 0. The van der Waals surface area contributed by atoms with Gasteiger partial charge in [0, 0.05) is 33.4 Å². The first-order chi connectivity index (χ1) is 15.1. The molecule has 6 heteroatoms. The van der Waals surface area contributed by atoms with Crippen molar-refractivity contribution in [2.24, 2.45) is 0 Å². The van der Waals surface area contributed by atoms with Crippen molar-refractivity contribution in [2.75, 3.05) is 4.90 Å². The lowest BCUT2D eigenvalue weighted by Crippen LogP contribution is -2.30. The van der Waals surface area contributed by atoms with Gasteiger partial charge in [-0.25, -0.2) is 0 Å². The van der Waals surface area contributed by atoms with E-state index in [9.17, 15) is 0 Å². The molecule has 4 nitrogen and oxygen atoms in total. The standard InChI is InChI=1S/C25H21BrN4S/c1-17-10-15-22(29(17)19-7-3-2-4-8-19)24-23(21-9-5-6-16-27-21)28-25(31)30(24)20-13-11-18(26)12-14-20/h2-16,23-24H,1H3,(H,28,31)/t23-,24+/m1/s1. The summed E-state index contributed by atoms with van der Waals surface area (Å²) in [5.41, 5.74) is 5.48. The van der Waals surface area contributed by atoms with E-state index < -0.39 is 0 Å². The van der Waals surface area contributed by atoms with Crippen LogP contribution < -0.4 is 10.2 Å². The zero-order chi connectivity index (χ0) is 21.4. The minimum Gasteiger partial charge on any atom is -0.351 e. The molecule has 2 aromatic heterocycles. The second kappa shape index (κ2) is 8.29. The van der Waals surface area contributed by atoms with Gasteiger partial charge in [0.15, 0.2) is 5.11 Å². The number of nitrogens with zero attached hydrogens (tertiary/aromatic N) is 3. The van der Waals surface area contributed by atoms with Gasteiger partial charge in [0.2, 0.25) is 0 Å². The maximum Gasteiger partial charge on any atom is 0.174 e. The van der Waals surface area contributed by atoms with Crippen molar-refractivity contribution in [3.8, 4) is 5.69 Å². The van der Waals surface area contributed by atoms with Gasteiger partial charge in [-0.3, -0.25) is 4.98 Å². The maximum absolute atomic E-state index is 5.84. The highest BCUT2D eigenvalue weighted by atomic mass is 79.9. The number of aryl methyl sites for hydroxylation is 1. The fourth-order valence-corrected chi connectivity index (χ4v) is 4.86. The number of hydrogen-bond donors (Lipinski definition) is 1. The Bertz CT molecular complexity index is 1210. The Morgan fingerprint density at radius 3 is 2.32 bits per heavy atom. The smallest absolute Gasteiger partial charge is 0.174 e. The summed E-state index contributed by atoms with van der Waals surface area (Å²) in [6.07, 6.45) is 1.83. The van der Waals surface area contributed by atoms with Gasteiger partial charge >= 0.3 is 0 Å². The largest absolute Gasteiger partial charge is 0.351 e. The van der Waals surface area contributed by atoms with Gasteiger partial charge in [-0.05, 0) is 79.8 Å². The van der Waals surface area contributed by atoms with Crippen LogP contribution in [0.4, 0.5) is 5.69 Å². The molecule has 0 amide bonds. The zero-order valence-electron chi connectivity index (χ0n) is 16.9. The SMILES string of the molecule is Cc1ccc([C@H]2[C@@H](c3ccccn3)NC(=S)N2c2ccc(Br)cc2)n1-c1ccccc1. The Labute approximate surface area is 195 Å². The molecule has 0 saturated carbocycles. The number of anilines is 1. The minimum atomic E-state index is -0.0749. The van der Waals surface area contributed by atoms with Gasteiger partial charge in [-0.15, -0.1) is 0 Å². The van der Waals surface area contributed by atoms with Crippen molar-refractivity contribution in [1.82, 2.24) is 14.9 Å². The number of aromatic nitrogens is 2. The minimum absolute atomic E-state index is 0.0579. The first-order valence-corrected chi connectivity index (χ1v) is 11.3. The molecule has 0 spiro atoms. The van der Waals surface area contributed by atoms with Crippen molar-refractivity contribution in [3.05, 3.63) is 113 Å². The summed E-state index contributed by atoms with van der Waals surface area (Å²) in [5, 5.41) is 4.24. The average Bonchev–Trinajstić information content (AvgIpc) is 3.35. The number of halogens is 1. The van der Waals surface area contributed by atoms with Crippen molar-refractivity contribution in [2.45, 2.75) is 19.0 Å². The molecular formula is C25H21BrN4S. The van der Waals surface area contributed by atoms with Crippen molar-refractivity contribution < 1.29 is 0 Å². The summed E-state index contributed by atoms with van der Waals surface area (Å²) >= 11 is 9.38. The van der Waals surface area contributed by atoms with Crippen LogP contribution in [0.3, 0.4) is 0 Å². The number of hydrogen-bond acceptors (Lipinski definition) is 2. The highest BCUT2D eigenvalue weighted by Gasteiger charge is 2.42. The number of thiocarbonyl (C=S) groups is 1. The predicted molar refractivity (Wildman–Crippen MR) is 133 cm³/mol. The third kappa shape index (κ3) is 3.66. The molecule has 1 saturated heterocycles. The molecule has 2 aromatic carbocycles. The monoisotopic (exact) mass is 488 g/mol. The number of nitrogens with one attached hydrogen (secondary N) is 1. The van der Waals surface area contributed by atoms with E-state index in [1.165, 1.54) is 5.69 Å². The summed E-state index contributed by atoms with van der Waals surface area (Å²) in [6, 6.07) is 29.0. The van der Waals surface area contributed by atoms with Gasteiger partial charge in [-0.2, -0.15) is 0 Å². The predicted octanol–water partition coefficient (Wildman–Crippen LogP) is 6.12. The molecule has 5 rings (SSSR count). The van der Waals surface area contributed by atoms with Crippen LogP contribution in [-0.2, 0) is 0 Å². The number of para-hydroxylation sites is 1. The molecule has 4 aromatic rings. The van der Waals surface area contributed by atoms with Gasteiger partial charge < -0.3 is 14.8 Å². The van der Waals surface area contributed by atoms with E-state index in [2.05, 4.69) is 97.2 Å². The first-order valence-electron chi connectivity index (χ1n) is 10.1.